The summed E-state index contributed by atoms with van der Waals surface area (Å²) in [4.78, 5) is 14.0. The molecule has 1 spiro atoms. The number of carbonyl (C=O) groups is 1. The minimum absolute atomic E-state index is 0.158. The largest absolute Gasteiger partial charge is 0.444 e. The first-order valence-electron chi connectivity index (χ1n) is 7.13. The van der Waals surface area contributed by atoms with Crippen LogP contribution in [0.15, 0.2) is 0 Å². The van der Waals surface area contributed by atoms with E-state index in [0.29, 0.717) is 0 Å². The minimum Gasteiger partial charge on any atom is -0.444 e. The lowest BCUT2D eigenvalue weighted by molar-refractivity contribution is 0.00797. The fourth-order valence-electron chi connectivity index (χ4n) is 2.99. The summed E-state index contributed by atoms with van der Waals surface area (Å²) in [6.45, 7) is 8.48. The van der Waals surface area contributed by atoms with E-state index < -0.39 is 5.60 Å². The minimum atomic E-state index is -0.401. The molecule has 2 saturated heterocycles. The van der Waals surface area contributed by atoms with Crippen molar-refractivity contribution in [3.05, 3.63) is 0 Å². The Balaban J connectivity index is 1.95. The average molecular weight is 254 g/mol. The van der Waals surface area contributed by atoms with Gasteiger partial charge in [0.2, 0.25) is 0 Å². The van der Waals surface area contributed by atoms with E-state index in [1.165, 1.54) is 25.7 Å². The lowest BCUT2D eigenvalue weighted by Crippen LogP contribution is -2.60. The van der Waals surface area contributed by atoms with Gasteiger partial charge in [-0.1, -0.05) is 6.42 Å². The van der Waals surface area contributed by atoms with Gasteiger partial charge >= 0.3 is 6.09 Å². The van der Waals surface area contributed by atoms with Crippen LogP contribution in [0.25, 0.3) is 0 Å². The zero-order valence-corrected chi connectivity index (χ0v) is 11.9. The van der Waals surface area contributed by atoms with Crippen LogP contribution in [0.4, 0.5) is 4.79 Å². The van der Waals surface area contributed by atoms with Crippen LogP contribution in [-0.4, -0.2) is 41.8 Å². The molecule has 2 heterocycles. The first-order chi connectivity index (χ1) is 8.40. The lowest BCUT2D eigenvalue weighted by atomic mass is 9.82. The van der Waals surface area contributed by atoms with Crippen LogP contribution in [0.3, 0.4) is 0 Å². The molecule has 0 aromatic carbocycles. The van der Waals surface area contributed by atoms with Crippen LogP contribution < -0.4 is 5.32 Å². The molecule has 2 fully saturated rings. The van der Waals surface area contributed by atoms with Crippen molar-refractivity contribution in [1.82, 2.24) is 10.2 Å². The first-order valence-corrected chi connectivity index (χ1v) is 7.13. The van der Waals surface area contributed by atoms with Gasteiger partial charge in [-0.05, 0) is 53.0 Å². The predicted molar refractivity (Wildman–Crippen MR) is 71.6 cm³/mol. The zero-order valence-electron chi connectivity index (χ0n) is 11.9. The van der Waals surface area contributed by atoms with Gasteiger partial charge in [-0.3, -0.25) is 0 Å². The Hall–Kier alpha value is -0.770. The molecule has 0 bridgehead atoms. The predicted octanol–water partition coefficient (Wildman–Crippen LogP) is 2.53. The molecule has 4 heteroatoms. The molecule has 0 aromatic heterocycles. The van der Waals surface area contributed by atoms with Gasteiger partial charge in [-0.25, -0.2) is 4.79 Å². The van der Waals surface area contributed by atoms with Crippen molar-refractivity contribution in [3.8, 4) is 0 Å². The Morgan fingerprint density at radius 2 is 1.94 bits per heavy atom. The van der Waals surface area contributed by atoms with E-state index in [-0.39, 0.29) is 11.6 Å². The van der Waals surface area contributed by atoms with Gasteiger partial charge in [-0.15, -0.1) is 0 Å². The fraction of sp³-hybridized carbons (Fsp3) is 0.929. The van der Waals surface area contributed by atoms with E-state index in [4.69, 9.17) is 4.74 Å². The summed E-state index contributed by atoms with van der Waals surface area (Å²) in [6, 6.07) is 0. The van der Waals surface area contributed by atoms with E-state index >= 15 is 0 Å². The summed E-state index contributed by atoms with van der Waals surface area (Å²) in [5.74, 6) is 0. The number of ether oxygens (including phenoxy) is 1. The molecule has 1 N–H and O–H groups in total. The van der Waals surface area contributed by atoms with E-state index in [0.717, 1.165) is 26.1 Å². The standard InChI is InChI=1S/C14H26N2O2/c1-13(2,3)18-12(17)16-10-6-8-14(11-16)7-4-5-9-15-14/h15H,4-11H2,1-3H3/t14-/m0/s1. The summed E-state index contributed by atoms with van der Waals surface area (Å²) >= 11 is 0. The van der Waals surface area contributed by atoms with Crippen molar-refractivity contribution in [2.24, 2.45) is 0 Å². The Kier molecular flexibility index (Phi) is 3.85. The average Bonchev–Trinajstić information content (AvgIpc) is 2.28. The third-order valence-electron chi connectivity index (χ3n) is 3.81. The Labute approximate surface area is 110 Å². The fourth-order valence-corrected chi connectivity index (χ4v) is 2.99. The molecule has 1 amide bonds. The van der Waals surface area contributed by atoms with Crippen LogP contribution in [0.2, 0.25) is 0 Å². The van der Waals surface area contributed by atoms with E-state index in [1.807, 2.05) is 25.7 Å². The molecular formula is C14H26N2O2. The lowest BCUT2D eigenvalue weighted by Gasteiger charge is -2.45. The second-order valence-electron chi connectivity index (χ2n) is 6.67. The highest BCUT2D eigenvalue weighted by atomic mass is 16.6. The maximum atomic E-state index is 12.1. The number of hydrogen-bond acceptors (Lipinski definition) is 3. The molecule has 2 aliphatic heterocycles. The first kappa shape index (κ1) is 13.7. The maximum absolute atomic E-state index is 12.1. The molecule has 0 saturated carbocycles. The van der Waals surface area contributed by atoms with Gasteiger partial charge in [0.25, 0.3) is 0 Å². The summed E-state index contributed by atoms with van der Waals surface area (Å²) in [6.07, 6.45) is 5.82. The third kappa shape index (κ3) is 3.37. The molecule has 0 radical (unpaired) electrons. The van der Waals surface area contributed by atoms with Gasteiger partial charge in [0, 0.05) is 18.6 Å². The Morgan fingerprint density at radius 1 is 1.22 bits per heavy atom. The van der Waals surface area contributed by atoms with E-state index in [9.17, 15) is 4.79 Å². The number of carbonyl (C=O) groups excluding carboxylic acids is 1. The monoisotopic (exact) mass is 254 g/mol. The molecule has 0 aromatic rings. The van der Waals surface area contributed by atoms with Crippen molar-refractivity contribution >= 4 is 6.09 Å². The summed E-state index contributed by atoms with van der Waals surface area (Å²) in [5.41, 5.74) is -0.241. The van der Waals surface area contributed by atoms with Gasteiger partial charge in [0.15, 0.2) is 0 Å². The molecule has 4 nitrogen and oxygen atoms in total. The van der Waals surface area contributed by atoms with Gasteiger partial charge in [0.05, 0.1) is 0 Å². The number of rotatable bonds is 0. The molecule has 0 unspecified atom stereocenters. The zero-order chi connectivity index (χ0) is 13.2. The number of likely N-dealkylation sites (tertiary alicyclic amines) is 1. The molecular weight excluding hydrogens is 228 g/mol. The topological polar surface area (TPSA) is 41.6 Å². The summed E-state index contributed by atoms with van der Waals surface area (Å²) < 4.78 is 5.47. The number of nitrogens with zero attached hydrogens (tertiary/aromatic N) is 1. The number of hydrogen-bond donors (Lipinski definition) is 1. The highest BCUT2D eigenvalue weighted by Gasteiger charge is 2.38. The summed E-state index contributed by atoms with van der Waals surface area (Å²) in [7, 11) is 0. The van der Waals surface area contributed by atoms with Gasteiger partial charge in [0.1, 0.15) is 5.60 Å². The van der Waals surface area contributed by atoms with E-state index in [1.54, 1.807) is 0 Å². The smallest absolute Gasteiger partial charge is 0.410 e. The highest BCUT2D eigenvalue weighted by molar-refractivity contribution is 5.68. The second kappa shape index (κ2) is 5.08. The van der Waals surface area contributed by atoms with E-state index in [2.05, 4.69) is 5.32 Å². The summed E-state index contributed by atoms with van der Waals surface area (Å²) in [5, 5.41) is 3.63. The van der Waals surface area contributed by atoms with Crippen molar-refractivity contribution in [2.45, 2.75) is 64.0 Å². The van der Waals surface area contributed by atoms with Crippen LogP contribution >= 0.6 is 0 Å². The Morgan fingerprint density at radius 3 is 2.56 bits per heavy atom. The molecule has 0 aliphatic carbocycles. The molecule has 2 rings (SSSR count). The normalized spacial score (nSPS) is 29.4. The van der Waals surface area contributed by atoms with Crippen LogP contribution in [-0.2, 0) is 4.74 Å². The number of nitrogens with one attached hydrogen (secondary N) is 1. The second-order valence-corrected chi connectivity index (χ2v) is 6.67. The molecule has 18 heavy (non-hydrogen) atoms. The van der Waals surface area contributed by atoms with Crippen LogP contribution in [0, 0.1) is 0 Å². The van der Waals surface area contributed by atoms with Gasteiger partial charge in [-0.2, -0.15) is 0 Å². The third-order valence-corrected chi connectivity index (χ3v) is 3.81. The SMILES string of the molecule is CC(C)(C)OC(=O)N1CCC[C@@]2(CCCCN2)C1. The quantitative estimate of drug-likeness (QED) is 0.722. The maximum Gasteiger partial charge on any atom is 0.410 e. The van der Waals surface area contributed by atoms with Crippen molar-refractivity contribution in [3.63, 3.8) is 0 Å². The number of piperidine rings is 2. The molecule has 2 aliphatic rings. The van der Waals surface area contributed by atoms with Gasteiger partial charge < -0.3 is 15.0 Å². The van der Waals surface area contributed by atoms with Crippen molar-refractivity contribution < 1.29 is 9.53 Å². The Bertz CT molecular complexity index is 298. The van der Waals surface area contributed by atoms with Crippen LogP contribution in [0.1, 0.15) is 52.9 Å². The van der Waals surface area contributed by atoms with Crippen LogP contribution in [0.5, 0.6) is 0 Å². The molecule has 104 valence electrons. The van der Waals surface area contributed by atoms with Crippen molar-refractivity contribution in [1.29, 1.82) is 0 Å². The highest BCUT2D eigenvalue weighted by Crippen LogP contribution is 2.29. The number of amides is 1. The van der Waals surface area contributed by atoms with Crippen molar-refractivity contribution in [2.75, 3.05) is 19.6 Å². The molecule has 1 atom stereocenters.